The molecule has 104 valence electrons. The molecule has 4 heteroatoms. The summed E-state index contributed by atoms with van der Waals surface area (Å²) in [5.74, 6) is 0.139. The lowest BCUT2D eigenvalue weighted by Gasteiger charge is -2.05. The summed E-state index contributed by atoms with van der Waals surface area (Å²) >= 11 is 0. The predicted molar refractivity (Wildman–Crippen MR) is 71.4 cm³/mol. The van der Waals surface area contributed by atoms with E-state index in [1.165, 1.54) is 0 Å². The van der Waals surface area contributed by atoms with Gasteiger partial charge in [-0.25, -0.2) is 0 Å². The Labute approximate surface area is 106 Å². The van der Waals surface area contributed by atoms with Crippen molar-refractivity contribution < 1.29 is 14.3 Å². The topological polar surface area (TPSA) is 47.6 Å². The molecule has 0 saturated heterocycles. The van der Waals surface area contributed by atoms with E-state index < -0.39 is 0 Å². The fourth-order valence-electron chi connectivity index (χ4n) is 0.954. The standard InChI is InChI=1S/C11H23NO3.C2H6/c1-3-5-12-6-7-14-8-9-15-10-11(13)4-2;1-2/h12H,3-10H2,1-2H3;1-2H3. The van der Waals surface area contributed by atoms with Gasteiger partial charge in [-0.2, -0.15) is 0 Å². The van der Waals surface area contributed by atoms with Crippen LogP contribution in [0.2, 0.25) is 0 Å². The van der Waals surface area contributed by atoms with E-state index in [1.54, 1.807) is 0 Å². The van der Waals surface area contributed by atoms with Crippen molar-refractivity contribution >= 4 is 5.78 Å². The molecule has 0 aliphatic rings. The first-order chi connectivity index (χ1) is 8.31. The molecule has 0 bridgehead atoms. The smallest absolute Gasteiger partial charge is 0.158 e. The lowest BCUT2D eigenvalue weighted by molar-refractivity contribution is -0.123. The van der Waals surface area contributed by atoms with Crippen LogP contribution in [0.1, 0.15) is 40.5 Å². The molecule has 0 rings (SSSR count). The zero-order valence-corrected chi connectivity index (χ0v) is 11.9. The van der Waals surface area contributed by atoms with Gasteiger partial charge in [-0.3, -0.25) is 4.79 Å². The number of nitrogens with one attached hydrogen (secondary N) is 1. The first kappa shape index (κ1) is 18.9. The molecule has 4 nitrogen and oxygen atoms in total. The third kappa shape index (κ3) is 18.1. The maximum Gasteiger partial charge on any atom is 0.158 e. The summed E-state index contributed by atoms with van der Waals surface area (Å²) in [5, 5.41) is 3.23. The Balaban J connectivity index is 0. The molecular formula is C13H29NO3. The van der Waals surface area contributed by atoms with E-state index in [1.807, 2.05) is 20.8 Å². The number of carbonyl (C=O) groups excluding carboxylic acids is 1. The monoisotopic (exact) mass is 247 g/mol. The minimum atomic E-state index is 0.139. The molecular weight excluding hydrogens is 218 g/mol. The average Bonchev–Trinajstić information content (AvgIpc) is 2.39. The Kier molecular flexibility index (Phi) is 19.9. The quantitative estimate of drug-likeness (QED) is 0.567. The van der Waals surface area contributed by atoms with Crippen molar-refractivity contribution in [2.75, 3.05) is 39.5 Å². The zero-order chi connectivity index (χ0) is 13.4. The highest BCUT2D eigenvalue weighted by Gasteiger charge is 1.96. The predicted octanol–water partition coefficient (Wildman–Crippen LogP) is 2.02. The van der Waals surface area contributed by atoms with Gasteiger partial charge in [0.15, 0.2) is 5.78 Å². The van der Waals surface area contributed by atoms with Crippen molar-refractivity contribution in [1.29, 1.82) is 0 Å². The van der Waals surface area contributed by atoms with Crippen LogP contribution >= 0.6 is 0 Å². The van der Waals surface area contributed by atoms with Crippen molar-refractivity contribution in [2.24, 2.45) is 0 Å². The number of carbonyl (C=O) groups is 1. The van der Waals surface area contributed by atoms with E-state index in [-0.39, 0.29) is 12.4 Å². The second kappa shape index (κ2) is 17.9. The molecule has 0 fully saturated rings. The van der Waals surface area contributed by atoms with Crippen molar-refractivity contribution in [3.63, 3.8) is 0 Å². The van der Waals surface area contributed by atoms with E-state index >= 15 is 0 Å². The van der Waals surface area contributed by atoms with Gasteiger partial charge in [0.05, 0.1) is 19.8 Å². The highest BCUT2D eigenvalue weighted by atomic mass is 16.5. The fourth-order valence-corrected chi connectivity index (χ4v) is 0.954. The number of Topliss-reactive ketones (excluding diaryl/α,β-unsaturated/α-hetero) is 1. The van der Waals surface area contributed by atoms with Crippen LogP contribution in [0.25, 0.3) is 0 Å². The lowest BCUT2D eigenvalue weighted by Crippen LogP contribution is -2.21. The molecule has 0 heterocycles. The highest BCUT2D eigenvalue weighted by molar-refractivity contribution is 5.79. The minimum absolute atomic E-state index is 0.139. The Morgan fingerprint density at radius 2 is 1.65 bits per heavy atom. The minimum Gasteiger partial charge on any atom is -0.378 e. The third-order valence-corrected chi connectivity index (χ3v) is 1.88. The van der Waals surface area contributed by atoms with Crippen LogP contribution in [0.15, 0.2) is 0 Å². The Hall–Kier alpha value is -0.450. The van der Waals surface area contributed by atoms with Gasteiger partial charge in [0.1, 0.15) is 6.61 Å². The second-order valence-corrected chi connectivity index (χ2v) is 3.31. The third-order valence-electron chi connectivity index (χ3n) is 1.88. The number of hydrogen-bond donors (Lipinski definition) is 1. The molecule has 0 amide bonds. The normalized spacial score (nSPS) is 9.65. The number of ketones is 1. The van der Waals surface area contributed by atoms with Crippen LogP contribution < -0.4 is 5.32 Å². The maximum atomic E-state index is 10.8. The molecule has 0 aromatic rings. The fraction of sp³-hybridized carbons (Fsp3) is 0.923. The molecule has 0 unspecified atom stereocenters. The summed E-state index contributed by atoms with van der Waals surface area (Å²) in [6.07, 6.45) is 1.68. The van der Waals surface area contributed by atoms with Gasteiger partial charge in [0.2, 0.25) is 0 Å². The van der Waals surface area contributed by atoms with Crippen LogP contribution in [0.5, 0.6) is 0 Å². The van der Waals surface area contributed by atoms with Crippen LogP contribution in [-0.2, 0) is 14.3 Å². The largest absolute Gasteiger partial charge is 0.378 e. The molecule has 0 atom stereocenters. The van der Waals surface area contributed by atoms with Gasteiger partial charge >= 0.3 is 0 Å². The molecule has 1 N–H and O–H groups in total. The summed E-state index contributed by atoms with van der Waals surface area (Å²) < 4.78 is 10.4. The van der Waals surface area contributed by atoms with E-state index in [2.05, 4.69) is 12.2 Å². The number of rotatable bonds is 11. The van der Waals surface area contributed by atoms with Gasteiger partial charge in [-0.05, 0) is 13.0 Å². The molecule has 0 aliphatic carbocycles. The Morgan fingerprint density at radius 1 is 1.00 bits per heavy atom. The summed E-state index contributed by atoms with van der Waals surface area (Å²) in [6.45, 7) is 11.9. The summed E-state index contributed by atoms with van der Waals surface area (Å²) in [4.78, 5) is 10.8. The Morgan fingerprint density at radius 3 is 2.24 bits per heavy atom. The van der Waals surface area contributed by atoms with Crippen molar-refractivity contribution in [3.8, 4) is 0 Å². The Bertz CT molecular complexity index is 152. The van der Waals surface area contributed by atoms with Gasteiger partial charge < -0.3 is 14.8 Å². The average molecular weight is 247 g/mol. The second-order valence-electron chi connectivity index (χ2n) is 3.31. The van der Waals surface area contributed by atoms with E-state index in [0.717, 1.165) is 19.5 Å². The van der Waals surface area contributed by atoms with Crippen LogP contribution in [0.4, 0.5) is 0 Å². The first-order valence-electron chi connectivity index (χ1n) is 6.69. The van der Waals surface area contributed by atoms with Crippen LogP contribution in [0, 0.1) is 0 Å². The molecule has 0 radical (unpaired) electrons. The van der Waals surface area contributed by atoms with Gasteiger partial charge in [-0.1, -0.05) is 27.7 Å². The molecule has 0 spiro atoms. The lowest BCUT2D eigenvalue weighted by atomic mass is 10.3. The van der Waals surface area contributed by atoms with Gasteiger partial charge in [-0.15, -0.1) is 0 Å². The molecule has 0 aromatic carbocycles. The highest BCUT2D eigenvalue weighted by Crippen LogP contribution is 1.84. The van der Waals surface area contributed by atoms with Gasteiger partial charge in [0.25, 0.3) is 0 Å². The van der Waals surface area contributed by atoms with Crippen molar-refractivity contribution in [1.82, 2.24) is 5.32 Å². The van der Waals surface area contributed by atoms with E-state index in [9.17, 15) is 4.79 Å². The zero-order valence-electron chi connectivity index (χ0n) is 11.9. The van der Waals surface area contributed by atoms with Crippen molar-refractivity contribution in [2.45, 2.75) is 40.5 Å². The van der Waals surface area contributed by atoms with Crippen LogP contribution in [0.3, 0.4) is 0 Å². The van der Waals surface area contributed by atoms with E-state index in [4.69, 9.17) is 9.47 Å². The molecule has 0 saturated carbocycles. The summed E-state index contributed by atoms with van der Waals surface area (Å²) in [7, 11) is 0. The number of ether oxygens (including phenoxy) is 2. The SMILES string of the molecule is CC.CCCNCCOCCOCC(=O)CC. The molecule has 17 heavy (non-hydrogen) atoms. The summed E-state index contributed by atoms with van der Waals surface area (Å²) in [6, 6.07) is 0. The van der Waals surface area contributed by atoms with Gasteiger partial charge in [0, 0.05) is 13.0 Å². The maximum absolute atomic E-state index is 10.8. The first-order valence-corrected chi connectivity index (χ1v) is 6.69. The van der Waals surface area contributed by atoms with Crippen LogP contribution in [-0.4, -0.2) is 45.3 Å². The van der Waals surface area contributed by atoms with Crippen molar-refractivity contribution in [3.05, 3.63) is 0 Å². The molecule has 0 aromatic heterocycles. The van der Waals surface area contributed by atoms with E-state index in [0.29, 0.717) is 26.2 Å². The number of hydrogen-bond acceptors (Lipinski definition) is 4. The summed E-state index contributed by atoms with van der Waals surface area (Å²) in [5.41, 5.74) is 0. The molecule has 0 aliphatic heterocycles.